The number of anilines is 1. The number of amides is 3. The third-order valence-electron chi connectivity index (χ3n) is 5.64. The molecule has 1 heterocycles. The van der Waals surface area contributed by atoms with E-state index < -0.39 is 0 Å². The molecule has 3 amide bonds. The molecule has 0 N–H and O–H groups in total. The van der Waals surface area contributed by atoms with Crippen LogP contribution in [0.15, 0.2) is 48.5 Å². The average Bonchev–Trinajstić information content (AvgIpc) is 2.67. The Kier molecular flexibility index (Phi) is 4.92. The number of hydrogen-bond acceptors (Lipinski definition) is 2. The zero-order chi connectivity index (χ0) is 19.0. The highest BCUT2D eigenvalue weighted by Gasteiger charge is 2.47. The topological polar surface area (TPSA) is 40.6 Å². The van der Waals surface area contributed by atoms with Crippen LogP contribution in [-0.4, -0.2) is 22.9 Å². The van der Waals surface area contributed by atoms with Crippen molar-refractivity contribution in [3.05, 3.63) is 64.7 Å². The molecular weight excluding hydrogens is 360 g/mol. The quantitative estimate of drug-likeness (QED) is 0.734. The molecule has 27 heavy (non-hydrogen) atoms. The summed E-state index contributed by atoms with van der Waals surface area (Å²) in [5, 5.41) is 0.518. The number of carbonyl (C=O) groups is 2. The van der Waals surface area contributed by atoms with Gasteiger partial charge in [0.25, 0.3) is 0 Å². The first-order valence-corrected chi connectivity index (χ1v) is 9.88. The predicted octanol–water partition coefficient (Wildman–Crippen LogP) is 5.18. The van der Waals surface area contributed by atoms with E-state index in [1.807, 2.05) is 11.8 Å². The maximum absolute atomic E-state index is 13.4. The van der Waals surface area contributed by atoms with E-state index in [0.717, 1.165) is 31.2 Å². The molecule has 2 aliphatic rings. The van der Waals surface area contributed by atoms with Gasteiger partial charge in [0, 0.05) is 17.6 Å². The standard InChI is InChI=1S/C22H23ClN2O2/c1-15-9-11-16(12-10-15)14-24-20-8-3-2-7-19(20)21(26)25(22(24)27)18-6-4-5-17(23)13-18/h4-6,9-13,19-20H,2-3,7-8,14H2,1H3. The van der Waals surface area contributed by atoms with Gasteiger partial charge in [-0.15, -0.1) is 0 Å². The molecule has 0 radical (unpaired) electrons. The number of halogens is 1. The van der Waals surface area contributed by atoms with Crippen LogP contribution < -0.4 is 4.90 Å². The molecule has 140 valence electrons. The third-order valence-corrected chi connectivity index (χ3v) is 5.88. The molecule has 0 bridgehead atoms. The molecule has 4 nitrogen and oxygen atoms in total. The third kappa shape index (κ3) is 3.46. The van der Waals surface area contributed by atoms with Crippen LogP contribution in [0.4, 0.5) is 10.5 Å². The smallest absolute Gasteiger partial charge is 0.316 e. The Bertz CT molecular complexity index is 865. The van der Waals surface area contributed by atoms with E-state index in [4.69, 9.17) is 11.6 Å². The fourth-order valence-corrected chi connectivity index (χ4v) is 4.42. The van der Waals surface area contributed by atoms with Crippen LogP contribution in [0.3, 0.4) is 0 Å². The van der Waals surface area contributed by atoms with Crippen LogP contribution >= 0.6 is 11.6 Å². The van der Waals surface area contributed by atoms with Gasteiger partial charge < -0.3 is 4.90 Å². The van der Waals surface area contributed by atoms with Crippen molar-refractivity contribution < 1.29 is 9.59 Å². The SMILES string of the molecule is Cc1ccc(CN2C(=O)N(c3cccc(Cl)c3)C(=O)C3CCCCC32)cc1. The van der Waals surface area contributed by atoms with E-state index in [2.05, 4.69) is 24.3 Å². The summed E-state index contributed by atoms with van der Waals surface area (Å²) >= 11 is 6.11. The molecule has 0 spiro atoms. The highest BCUT2D eigenvalue weighted by Crippen LogP contribution is 2.37. The van der Waals surface area contributed by atoms with Crippen molar-refractivity contribution in [1.29, 1.82) is 0 Å². The molecule has 0 aromatic heterocycles. The van der Waals surface area contributed by atoms with Crippen molar-refractivity contribution >= 4 is 29.2 Å². The minimum absolute atomic E-state index is 0.0181. The van der Waals surface area contributed by atoms with Crippen LogP contribution in [0.25, 0.3) is 0 Å². The molecule has 1 aliphatic heterocycles. The first kappa shape index (κ1) is 18.1. The second kappa shape index (κ2) is 7.35. The van der Waals surface area contributed by atoms with Gasteiger partial charge in [-0.3, -0.25) is 4.79 Å². The van der Waals surface area contributed by atoms with Crippen LogP contribution in [0, 0.1) is 12.8 Å². The first-order valence-electron chi connectivity index (χ1n) is 9.50. The fraction of sp³-hybridized carbons (Fsp3) is 0.364. The number of carbonyl (C=O) groups excluding carboxylic acids is 2. The maximum atomic E-state index is 13.4. The van der Waals surface area contributed by atoms with Gasteiger partial charge in [-0.05, 0) is 43.5 Å². The Labute approximate surface area is 164 Å². The van der Waals surface area contributed by atoms with Gasteiger partial charge >= 0.3 is 6.03 Å². The van der Waals surface area contributed by atoms with E-state index in [1.54, 1.807) is 24.3 Å². The van der Waals surface area contributed by atoms with E-state index in [-0.39, 0.29) is 23.9 Å². The lowest BCUT2D eigenvalue weighted by molar-refractivity contribution is -0.126. The van der Waals surface area contributed by atoms with Crippen LogP contribution in [-0.2, 0) is 11.3 Å². The number of aryl methyl sites for hydroxylation is 1. The number of hydrogen-bond donors (Lipinski definition) is 0. The summed E-state index contributed by atoms with van der Waals surface area (Å²) in [6.45, 7) is 2.57. The van der Waals surface area contributed by atoms with E-state index in [0.29, 0.717) is 17.3 Å². The zero-order valence-corrected chi connectivity index (χ0v) is 16.2. The highest BCUT2D eigenvalue weighted by molar-refractivity contribution is 6.31. The maximum Gasteiger partial charge on any atom is 0.331 e. The number of nitrogens with zero attached hydrogens (tertiary/aromatic N) is 2. The number of benzene rings is 2. The summed E-state index contributed by atoms with van der Waals surface area (Å²) in [5.74, 6) is -0.229. The van der Waals surface area contributed by atoms with Gasteiger partial charge in [-0.1, -0.05) is 60.3 Å². The van der Waals surface area contributed by atoms with Crippen molar-refractivity contribution in [1.82, 2.24) is 4.90 Å². The summed E-state index contributed by atoms with van der Waals surface area (Å²) in [6.07, 6.45) is 3.81. The minimum Gasteiger partial charge on any atom is -0.316 e. The lowest BCUT2D eigenvalue weighted by atomic mass is 9.81. The van der Waals surface area contributed by atoms with Gasteiger partial charge in [0.2, 0.25) is 5.91 Å². The van der Waals surface area contributed by atoms with Crippen molar-refractivity contribution in [2.24, 2.45) is 5.92 Å². The van der Waals surface area contributed by atoms with Crippen molar-refractivity contribution in [2.45, 2.75) is 45.2 Å². The van der Waals surface area contributed by atoms with Gasteiger partial charge in [0.1, 0.15) is 0 Å². The molecule has 2 unspecified atom stereocenters. The van der Waals surface area contributed by atoms with Crippen LogP contribution in [0.5, 0.6) is 0 Å². The monoisotopic (exact) mass is 382 g/mol. The first-order chi connectivity index (χ1) is 13.0. The summed E-state index contributed by atoms with van der Waals surface area (Å²) in [4.78, 5) is 29.7. The lowest BCUT2D eigenvalue weighted by Gasteiger charge is -2.46. The highest BCUT2D eigenvalue weighted by atomic mass is 35.5. The van der Waals surface area contributed by atoms with Crippen molar-refractivity contribution in [3.8, 4) is 0 Å². The van der Waals surface area contributed by atoms with Crippen LogP contribution in [0.2, 0.25) is 5.02 Å². The number of imide groups is 1. The molecular formula is C22H23ClN2O2. The van der Waals surface area contributed by atoms with E-state index >= 15 is 0 Å². The molecule has 4 rings (SSSR count). The number of urea groups is 1. The molecule has 1 saturated carbocycles. The largest absolute Gasteiger partial charge is 0.331 e. The van der Waals surface area contributed by atoms with Crippen LogP contribution in [0.1, 0.15) is 36.8 Å². The predicted molar refractivity (Wildman–Crippen MR) is 107 cm³/mol. The Balaban J connectivity index is 1.70. The Hall–Kier alpha value is -2.33. The summed E-state index contributed by atoms with van der Waals surface area (Å²) in [6, 6.07) is 14.9. The molecule has 5 heteroatoms. The van der Waals surface area contributed by atoms with Gasteiger partial charge in [-0.25, -0.2) is 9.69 Å². The molecule has 2 fully saturated rings. The summed E-state index contributed by atoms with van der Waals surface area (Å²) in [7, 11) is 0. The molecule has 2 aromatic rings. The normalized spacial score (nSPS) is 22.7. The van der Waals surface area contributed by atoms with E-state index in [9.17, 15) is 9.59 Å². The fourth-order valence-electron chi connectivity index (χ4n) is 4.23. The number of rotatable bonds is 3. The Morgan fingerprint density at radius 2 is 1.78 bits per heavy atom. The molecule has 1 saturated heterocycles. The van der Waals surface area contributed by atoms with Crippen molar-refractivity contribution in [2.75, 3.05) is 4.90 Å². The van der Waals surface area contributed by atoms with Gasteiger partial charge in [0.05, 0.1) is 11.6 Å². The lowest BCUT2D eigenvalue weighted by Crippen LogP contribution is -2.62. The van der Waals surface area contributed by atoms with E-state index in [1.165, 1.54) is 10.5 Å². The minimum atomic E-state index is -0.244. The Morgan fingerprint density at radius 3 is 2.52 bits per heavy atom. The number of fused-ring (bicyclic) bond motifs is 1. The van der Waals surface area contributed by atoms with Crippen molar-refractivity contribution in [3.63, 3.8) is 0 Å². The molecule has 2 aromatic carbocycles. The molecule has 1 aliphatic carbocycles. The second-order valence-electron chi connectivity index (χ2n) is 7.51. The average molecular weight is 383 g/mol. The molecule has 2 atom stereocenters. The van der Waals surface area contributed by atoms with Gasteiger partial charge in [0.15, 0.2) is 0 Å². The summed E-state index contributed by atoms with van der Waals surface area (Å²) < 4.78 is 0. The zero-order valence-electron chi connectivity index (χ0n) is 15.4. The van der Waals surface area contributed by atoms with Gasteiger partial charge in [-0.2, -0.15) is 0 Å². The second-order valence-corrected chi connectivity index (χ2v) is 7.94. The Morgan fingerprint density at radius 1 is 1.04 bits per heavy atom. The summed E-state index contributed by atoms with van der Waals surface area (Å²) in [5.41, 5.74) is 2.82.